The number of pyridine rings is 1. The predicted octanol–water partition coefficient (Wildman–Crippen LogP) is 5.58. The van der Waals surface area contributed by atoms with Gasteiger partial charge in [0.1, 0.15) is 5.69 Å². The number of carbonyl (C=O) groups is 1. The molecule has 6 rings (SSSR count). The molecule has 4 aromatic rings. The van der Waals surface area contributed by atoms with Crippen molar-refractivity contribution < 1.29 is 23.4 Å². The number of aryl methyl sites for hydroxylation is 1. The van der Waals surface area contributed by atoms with Crippen LogP contribution in [-0.4, -0.2) is 55.7 Å². The highest BCUT2D eigenvalue weighted by molar-refractivity contribution is 6.62. The molecule has 2 aliphatic heterocycles. The number of benzene rings is 1. The number of nitrogens with one attached hydrogen (secondary N) is 1. The number of aromatic nitrogens is 5. The average Bonchev–Trinajstić information content (AvgIpc) is 3.67. The number of fused-ring (bicyclic) bond motifs is 1. The van der Waals surface area contributed by atoms with E-state index in [0.29, 0.717) is 12.4 Å². The molecular formula is C33H43BN6O5. The van der Waals surface area contributed by atoms with Gasteiger partial charge in [0.2, 0.25) is 0 Å². The van der Waals surface area contributed by atoms with Gasteiger partial charge in [0.15, 0.2) is 17.7 Å². The van der Waals surface area contributed by atoms with Gasteiger partial charge in [0, 0.05) is 34.6 Å². The third-order valence-electron chi connectivity index (χ3n) is 9.17. The smallest absolute Gasteiger partial charge is 0.399 e. The van der Waals surface area contributed by atoms with Gasteiger partial charge in [-0.3, -0.25) is 4.79 Å². The van der Waals surface area contributed by atoms with E-state index >= 15 is 0 Å². The molecule has 1 N–H and O–H groups in total. The number of carbonyl (C=O) groups excluding carboxylic acids is 1. The summed E-state index contributed by atoms with van der Waals surface area (Å²) < 4.78 is 26.0. The fraction of sp³-hybridized carbons (Fsp3) is 0.545. The molecular weight excluding hydrogens is 571 g/mol. The summed E-state index contributed by atoms with van der Waals surface area (Å²) in [6, 6.07) is 7.94. The van der Waals surface area contributed by atoms with Crippen LogP contribution in [0.1, 0.15) is 115 Å². The number of nitrogens with zero attached hydrogens (tertiary/aromatic N) is 5. The van der Waals surface area contributed by atoms with E-state index in [9.17, 15) is 4.79 Å². The highest BCUT2D eigenvalue weighted by Gasteiger charge is 2.52. The average molecular weight is 615 g/mol. The molecule has 3 aromatic heterocycles. The largest absolute Gasteiger partial charge is 0.496 e. The zero-order valence-electron chi connectivity index (χ0n) is 27.7. The van der Waals surface area contributed by atoms with Crippen molar-refractivity contribution in [1.29, 1.82) is 0 Å². The zero-order valence-corrected chi connectivity index (χ0v) is 27.7. The van der Waals surface area contributed by atoms with Gasteiger partial charge < -0.3 is 23.9 Å². The molecule has 2 saturated heterocycles. The number of amides is 1. The van der Waals surface area contributed by atoms with E-state index in [1.807, 2.05) is 85.3 Å². The Labute approximate surface area is 264 Å². The van der Waals surface area contributed by atoms with Crippen LogP contribution >= 0.6 is 0 Å². The Kier molecular flexibility index (Phi) is 7.90. The predicted molar refractivity (Wildman–Crippen MR) is 171 cm³/mol. The van der Waals surface area contributed by atoms with Crippen LogP contribution in [0, 0.1) is 6.92 Å². The van der Waals surface area contributed by atoms with Gasteiger partial charge in [-0.25, -0.2) is 9.67 Å². The van der Waals surface area contributed by atoms with E-state index in [-0.39, 0.29) is 23.6 Å². The van der Waals surface area contributed by atoms with E-state index < -0.39 is 24.2 Å². The first kappa shape index (κ1) is 31.4. The zero-order chi connectivity index (χ0) is 32.3. The molecule has 0 bridgehead atoms. The van der Waals surface area contributed by atoms with Gasteiger partial charge in [-0.2, -0.15) is 10.1 Å². The molecule has 0 spiro atoms. The molecule has 0 saturated carbocycles. The van der Waals surface area contributed by atoms with Gasteiger partial charge >= 0.3 is 18.9 Å². The molecule has 2 aliphatic rings. The van der Waals surface area contributed by atoms with Gasteiger partial charge in [0.05, 0.1) is 17.2 Å². The minimum Gasteiger partial charge on any atom is -0.399 e. The molecule has 238 valence electrons. The second-order valence-corrected chi connectivity index (χ2v) is 14.3. The maximum absolute atomic E-state index is 12.9. The maximum Gasteiger partial charge on any atom is 0.496 e. The van der Waals surface area contributed by atoms with E-state index in [0.717, 1.165) is 58.1 Å². The van der Waals surface area contributed by atoms with Crippen molar-refractivity contribution in [1.82, 2.24) is 30.2 Å². The molecule has 12 heteroatoms. The normalized spacial score (nSPS) is 20.5. The molecule has 45 heavy (non-hydrogen) atoms. The molecule has 0 radical (unpaired) electrons. The lowest BCUT2D eigenvalue weighted by Gasteiger charge is -2.32. The molecule has 0 aliphatic carbocycles. The van der Waals surface area contributed by atoms with Crippen LogP contribution in [0.2, 0.25) is 0 Å². The van der Waals surface area contributed by atoms with Crippen LogP contribution in [-0.2, 0) is 19.5 Å². The number of rotatable bonds is 6. The molecule has 1 amide bonds. The summed E-state index contributed by atoms with van der Waals surface area (Å²) in [4.78, 5) is 22.1. The minimum atomic E-state index is -0.541. The molecule has 2 fully saturated rings. The van der Waals surface area contributed by atoms with Crippen LogP contribution in [0.15, 0.2) is 35.0 Å². The van der Waals surface area contributed by atoms with Crippen molar-refractivity contribution in [3.8, 4) is 11.3 Å². The third kappa shape index (κ3) is 5.91. The Morgan fingerprint density at radius 2 is 1.84 bits per heavy atom. The number of hydrogen-bond acceptors (Lipinski definition) is 9. The van der Waals surface area contributed by atoms with Crippen LogP contribution in [0.4, 0.5) is 0 Å². The Morgan fingerprint density at radius 1 is 1.11 bits per heavy atom. The lowest BCUT2D eigenvalue weighted by atomic mass is 9.80. The fourth-order valence-electron chi connectivity index (χ4n) is 5.74. The summed E-state index contributed by atoms with van der Waals surface area (Å²) in [6.07, 6.45) is 4.64. The molecule has 1 aromatic carbocycles. The van der Waals surface area contributed by atoms with Crippen molar-refractivity contribution in [3.05, 3.63) is 53.3 Å². The second kappa shape index (κ2) is 11.3. The molecule has 2 unspecified atom stereocenters. The first-order valence-electron chi connectivity index (χ1n) is 15.8. The quantitative estimate of drug-likeness (QED) is 0.277. The number of ether oxygens (including phenoxy) is 1. The molecule has 11 nitrogen and oxygen atoms in total. The first-order chi connectivity index (χ1) is 21.1. The summed E-state index contributed by atoms with van der Waals surface area (Å²) in [6.45, 7) is 18.7. The van der Waals surface area contributed by atoms with Crippen LogP contribution in [0.5, 0.6) is 0 Å². The third-order valence-corrected chi connectivity index (χ3v) is 9.17. The molecule has 5 heterocycles. The van der Waals surface area contributed by atoms with Crippen molar-refractivity contribution >= 4 is 29.5 Å². The summed E-state index contributed by atoms with van der Waals surface area (Å²) >= 11 is 0. The number of hydrogen-bond donors (Lipinski definition) is 1. The van der Waals surface area contributed by atoms with E-state index in [4.69, 9.17) is 28.7 Å². The monoisotopic (exact) mass is 614 g/mol. The van der Waals surface area contributed by atoms with Crippen molar-refractivity contribution in [2.24, 2.45) is 0 Å². The van der Waals surface area contributed by atoms with Gasteiger partial charge in [-0.05, 0) is 84.1 Å². The van der Waals surface area contributed by atoms with Gasteiger partial charge in [0.25, 0.3) is 0 Å². The molecule has 2 atom stereocenters. The Balaban J connectivity index is 1.32. The Bertz CT molecular complexity index is 1720. The minimum absolute atomic E-state index is 0.0479. The SMILES string of the molecule is Cc1cc(-c2nn(C3CCCCO3)c3ncc(B4OC(C)(C)C(C)(C)O4)cc23)ccc1C(C)NC(=O)c1nc(C(C)(C)C)no1. The summed E-state index contributed by atoms with van der Waals surface area (Å²) in [5.74, 6) is 0.0306. The van der Waals surface area contributed by atoms with Crippen LogP contribution in [0.25, 0.3) is 22.3 Å². The lowest BCUT2D eigenvalue weighted by Crippen LogP contribution is -2.41. The standard InChI is InChI=1S/C33H43BN6O5/c1-19-16-21(13-14-23(19)20(2)36-28(41)29-37-30(39-43-29)31(3,4)5)26-24-17-22(34-44-32(6,7)33(8,9)45-34)18-35-27(24)40(38-26)25-12-10-11-15-42-25/h13-14,16-18,20,25H,10-12,15H2,1-9H3,(H,36,41). The second-order valence-electron chi connectivity index (χ2n) is 14.3. The Hall–Kier alpha value is -3.61. The van der Waals surface area contributed by atoms with Crippen LogP contribution in [0.3, 0.4) is 0 Å². The summed E-state index contributed by atoms with van der Waals surface area (Å²) in [5.41, 5.74) is 4.07. The van der Waals surface area contributed by atoms with Crippen LogP contribution < -0.4 is 10.8 Å². The van der Waals surface area contributed by atoms with Gasteiger partial charge in [-0.15, -0.1) is 0 Å². The fourth-order valence-corrected chi connectivity index (χ4v) is 5.74. The summed E-state index contributed by atoms with van der Waals surface area (Å²) in [7, 11) is -0.541. The van der Waals surface area contributed by atoms with Crippen molar-refractivity contribution in [2.75, 3.05) is 6.61 Å². The van der Waals surface area contributed by atoms with Crippen molar-refractivity contribution in [3.63, 3.8) is 0 Å². The highest BCUT2D eigenvalue weighted by Crippen LogP contribution is 2.38. The first-order valence-corrected chi connectivity index (χ1v) is 15.8. The van der Waals surface area contributed by atoms with E-state index in [2.05, 4.69) is 27.6 Å². The van der Waals surface area contributed by atoms with Gasteiger partial charge in [-0.1, -0.05) is 38.1 Å². The maximum atomic E-state index is 12.9. The van der Waals surface area contributed by atoms with E-state index in [1.165, 1.54) is 0 Å². The van der Waals surface area contributed by atoms with E-state index in [1.54, 1.807) is 0 Å². The summed E-state index contributed by atoms with van der Waals surface area (Å²) in [5, 5.41) is 13.0. The van der Waals surface area contributed by atoms with Crippen molar-refractivity contribution in [2.45, 2.75) is 110 Å². The lowest BCUT2D eigenvalue weighted by molar-refractivity contribution is -0.0368. The Morgan fingerprint density at radius 3 is 2.47 bits per heavy atom. The highest BCUT2D eigenvalue weighted by atomic mass is 16.7. The topological polar surface area (TPSA) is 126 Å².